The van der Waals surface area contributed by atoms with Crippen molar-refractivity contribution in [3.63, 3.8) is 0 Å². The van der Waals surface area contributed by atoms with Gasteiger partial charge in [-0.05, 0) is 25.2 Å². The third-order valence-electron chi connectivity index (χ3n) is 1.00. The van der Waals surface area contributed by atoms with Gasteiger partial charge in [0.2, 0.25) is 5.69 Å². The third-order valence-corrected chi connectivity index (χ3v) is 2.63. The summed E-state index contributed by atoms with van der Waals surface area (Å²) < 4.78 is 4.85. The molecular formula is C5H11Cl2O2PS2. The monoisotopic (exact) mass is 268 g/mol. The van der Waals surface area contributed by atoms with Crippen molar-refractivity contribution < 1.29 is 9.42 Å². The SMILES string of the molecule is CC(Cl)CC(Cl)COP(O)(=S)S. The van der Waals surface area contributed by atoms with Gasteiger partial charge >= 0.3 is 0 Å². The number of hydrogen-bond acceptors (Lipinski definition) is 2. The molecule has 0 aliphatic heterocycles. The predicted molar refractivity (Wildman–Crippen MR) is 61.0 cm³/mol. The summed E-state index contributed by atoms with van der Waals surface area (Å²) in [6, 6.07) is 0. The van der Waals surface area contributed by atoms with Crippen molar-refractivity contribution in [1.82, 2.24) is 0 Å². The molecule has 0 saturated heterocycles. The largest absolute Gasteiger partial charge is 0.338 e. The van der Waals surface area contributed by atoms with Crippen LogP contribution >= 0.6 is 41.1 Å². The van der Waals surface area contributed by atoms with E-state index >= 15 is 0 Å². The smallest absolute Gasteiger partial charge is 0.241 e. The first-order chi connectivity index (χ1) is 5.31. The van der Waals surface area contributed by atoms with E-state index in [0.29, 0.717) is 6.42 Å². The van der Waals surface area contributed by atoms with Gasteiger partial charge in [0.05, 0.1) is 12.0 Å². The van der Waals surface area contributed by atoms with Crippen LogP contribution in [0.3, 0.4) is 0 Å². The van der Waals surface area contributed by atoms with Crippen LogP contribution in [0.4, 0.5) is 0 Å². The second-order valence-corrected chi connectivity index (χ2v) is 8.92. The number of alkyl halides is 2. The lowest BCUT2D eigenvalue weighted by molar-refractivity contribution is 0.313. The van der Waals surface area contributed by atoms with Crippen molar-refractivity contribution in [1.29, 1.82) is 0 Å². The van der Waals surface area contributed by atoms with Gasteiger partial charge in [0.1, 0.15) is 0 Å². The van der Waals surface area contributed by atoms with Crippen LogP contribution in [-0.2, 0) is 16.3 Å². The maximum atomic E-state index is 8.98. The van der Waals surface area contributed by atoms with Crippen LogP contribution in [0.1, 0.15) is 13.3 Å². The van der Waals surface area contributed by atoms with Crippen molar-refractivity contribution >= 4 is 53.0 Å². The molecule has 0 fully saturated rings. The molecule has 0 rings (SSSR count). The van der Waals surface area contributed by atoms with E-state index < -0.39 is 5.69 Å². The summed E-state index contributed by atoms with van der Waals surface area (Å²) in [4.78, 5) is 8.98. The lowest BCUT2D eigenvalue weighted by atomic mass is 10.2. The van der Waals surface area contributed by atoms with Gasteiger partial charge in [-0.1, -0.05) is 12.2 Å². The third kappa shape index (κ3) is 9.59. The van der Waals surface area contributed by atoms with Gasteiger partial charge < -0.3 is 9.42 Å². The maximum absolute atomic E-state index is 8.98. The summed E-state index contributed by atoms with van der Waals surface area (Å²) in [6.07, 6.45) is 0.617. The van der Waals surface area contributed by atoms with Gasteiger partial charge in [-0.15, -0.1) is 23.2 Å². The molecule has 0 bridgehead atoms. The Balaban J connectivity index is 3.58. The molecule has 74 valence electrons. The van der Waals surface area contributed by atoms with E-state index in [9.17, 15) is 0 Å². The molecular weight excluding hydrogens is 258 g/mol. The van der Waals surface area contributed by atoms with Crippen LogP contribution in [0.2, 0.25) is 0 Å². The van der Waals surface area contributed by atoms with Crippen LogP contribution < -0.4 is 0 Å². The lowest BCUT2D eigenvalue weighted by Gasteiger charge is -2.13. The average molecular weight is 269 g/mol. The highest BCUT2D eigenvalue weighted by Crippen LogP contribution is 2.47. The molecule has 0 aromatic heterocycles. The zero-order valence-corrected chi connectivity index (χ0v) is 10.6. The van der Waals surface area contributed by atoms with E-state index in [-0.39, 0.29) is 17.4 Å². The van der Waals surface area contributed by atoms with E-state index in [1.165, 1.54) is 0 Å². The van der Waals surface area contributed by atoms with Gasteiger partial charge in [-0.2, -0.15) is 0 Å². The van der Waals surface area contributed by atoms with E-state index in [4.69, 9.17) is 32.6 Å². The Morgan fingerprint density at radius 2 is 2.17 bits per heavy atom. The normalized spacial score (nSPS) is 21.4. The number of halogens is 2. The Morgan fingerprint density at radius 1 is 1.67 bits per heavy atom. The molecule has 3 unspecified atom stereocenters. The number of hydrogen-bond donors (Lipinski definition) is 2. The van der Waals surface area contributed by atoms with Crippen molar-refractivity contribution in [2.45, 2.75) is 24.1 Å². The molecule has 12 heavy (non-hydrogen) atoms. The Bertz CT molecular complexity index is 173. The maximum Gasteiger partial charge on any atom is 0.241 e. The summed E-state index contributed by atoms with van der Waals surface area (Å²) in [5.41, 5.74) is -2.86. The number of thiol groups is 1. The van der Waals surface area contributed by atoms with Crippen LogP contribution in [0.5, 0.6) is 0 Å². The minimum atomic E-state index is -2.86. The predicted octanol–water partition coefficient (Wildman–Crippen LogP) is 2.77. The Labute approximate surface area is 92.9 Å². The standard InChI is InChI=1S/C5H11Cl2O2PS2/c1-4(6)2-5(7)3-9-10(8,11)12/h4-5H,2-3H2,1H3,(H2,8,11,12). The fraction of sp³-hybridized carbons (Fsp3) is 1.00. The lowest BCUT2D eigenvalue weighted by Crippen LogP contribution is -2.11. The highest BCUT2D eigenvalue weighted by Gasteiger charge is 2.13. The van der Waals surface area contributed by atoms with Crippen LogP contribution in [-0.4, -0.2) is 22.3 Å². The van der Waals surface area contributed by atoms with Crippen LogP contribution in [0.15, 0.2) is 0 Å². The highest BCUT2D eigenvalue weighted by molar-refractivity contribution is 8.59. The molecule has 0 amide bonds. The quantitative estimate of drug-likeness (QED) is 0.457. The first-order valence-corrected chi connectivity index (χ1v) is 7.99. The van der Waals surface area contributed by atoms with E-state index in [0.717, 1.165) is 0 Å². The molecule has 0 radical (unpaired) electrons. The molecule has 0 aliphatic rings. The van der Waals surface area contributed by atoms with Gasteiger partial charge in [-0.3, -0.25) is 0 Å². The van der Waals surface area contributed by atoms with Crippen LogP contribution in [0, 0.1) is 0 Å². The molecule has 0 heterocycles. The molecule has 0 aliphatic carbocycles. The van der Waals surface area contributed by atoms with Crippen molar-refractivity contribution in [2.75, 3.05) is 6.61 Å². The van der Waals surface area contributed by atoms with Crippen molar-refractivity contribution in [2.24, 2.45) is 0 Å². The molecule has 0 spiro atoms. The van der Waals surface area contributed by atoms with E-state index in [1.807, 2.05) is 6.92 Å². The summed E-state index contributed by atoms with van der Waals surface area (Å²) in [5.74, 6) is 0. The second kappa shape index (κ2) is 6.07. The molecule has 3 atom stereocenters. The van der Waals surface area contributed by atoms with Crippen molar-refractivity contribution in [3.05, 3.63) is 0 Å². The minimum Gasteiger partial charge on any atom is -0.338 e. The minimum absolute atomic E-state index is 0.00688. The Morgan fingerprint density at radius 3 is 2.50 bits per heavy atom. The van der Waals surface area contributed by atoms with Gasteiger partial charge in [0.25, 0.3) is 0 Å². The van der Waals surface area contributed by atoms with Crippen molar-refractivity contribution in [3.8, 4) is 0 Å². The molecule has 1 N–H and O–H groups in total. The first-order valence-electron chi connectivity index (χ1n) is 3.29. The molecule has 0 saturated carbocycles. The molecule has 0 aromatic rings. The Hall–Kier alpha value is 1.50. The molecule has 0 aromatic carbocycles. The first kappa shape index (κ1) is 13.5. The van der Waals surface area contributed by atoms with Crippen LogP contribution in [0.25, 0.3) is 0 Å². The highest BCUT2D eigenvalue weighted by atomic mass is 35.5. The van der Waals surface area contributed by atoms with Gasteiger partial charge in [0, 0.05) is 5.38 Å². The van der Waals surface area contributed by atoms with E-state index in [2.05, 4.69) is 24.1 Å². The second-order valence-electron chi connectivity index (χ2n) is 2.40. The Kier molecular flexibility index (Phi) is 6.83. The summed E-state index contributed by atoms with van der Waals surface area (Å²) in [5, 5.41) is -0.230. The summed E-state index contributed by atoms with van der Waals surface area (Å²) in [6.45, 7) is 2.03. The average Bonchev–Trinajstić information content (AvgIpc) is 1.80. The van der Waals surface area contributed by atoms with E-state index in [1.54, 1.807) is 0 Å². The van der Waals surface area contributed by atoms with Gasteiger partial charge in [0.15, 0.2) is 0 Å². The summed E-state index contributed by atoms with van der Waals surface area (Å²) >= 11 is 19.7. The molecule has 7 heteroatoms. The number of rotatable bonds is 5. The summed E-state index contributed by atoms with van der Waals surface area (Å²) in [7, 11) is 0. The zero-order valence-electron chi connectivity index (χ0n) is 6.48. The zero-order chi connectivity index (χ0) is 9.78. The fourth-order valence-corrected chi connectivity index (χ4v) is 2.08. The molecule has 2 nitrogen and oxygen atoms in total. The fourth-order valence-electron chi connectivity index (χ4n) is 0.598. The topological polar surface area (TPSA) is 29.5 Å². The van der Waals surface area contributed by atoms with Gasteiger partial charge in [-0.25, -0.2) is 0 Å².